The van der Waals surface area contributed by atoms with Crippen molar-refractivity contribution in [2.24, 2.45) is 5.92 Å². The Hall–Kier alpha value is -0.320. The SMILES string of the molecule is COC1CN(C(=O)C(C)CCl)CC1OC. The molecule has 0 spiro atoms. The fourth-order valence-electron chi connectivity index (χ4n) is 1.75. The van der Waals surface area contributed by atoms with Crippen LogP contribution < -0.4 is 0 Å². The molecule has 4 nitrogen and oxygen atoms in total. The van der Waals surface area contributed by atoms with Gasteiger partial charge in [0.2, 0.25) is 5.91 Å². The molecule has 3 atom stereocenters. The number of carbonyl (C=O) groups is 1. The van der Waals surface area contributed by atoms with E-state index in [9.17, 15) is 4.79 Å². The van der Waals surface area contributed by atoms with E-state index in [0.29, 0.717) is 19.0 Å². The molecule has 0 N–H and O–H groups in total. The first-order valence-electron chi connectivity index (χ1n) is 5.04. The summed E-state index contributed by atoms with van der Waals surface area (Å²) in [5.41, 5.74) is 0. The Morgan fingerprint density at radius 3 is 2.20 bits per heavy atom. The number of hydrogen-bond acceptors (Lipinski definition) is 3. The third-order valence-corrected chi connectivity index (χ3v) is 3.25. The summed E-state index contributed by atoms with van der Waals surface area (Å²) in [6.07, 6.45) is -0.0528. The second kappa shape index (κ2) is 5.68. The van der Waals surface area contributed by atoms with E-state index in [1.165, 1.54) is 0 Å². The monoisotopic (exact) mass is 235 g/mol. The van der Waals surface area contributed by atoms with Crippen LogP contribution in [0.25, 0.3) is 0 Å². The van der Waals surface area contributed by atoms with Gasteiger partial charge in [-0.15, -0.1) is 11.6 Å². The lowest BCUT2D eigenvalue weighted by Crippen LogP contribution is -2.35. The van der Waals surface area contributed by atoms with Crippen LogP contribution in [-0.4, -0.2) is 56.2 Å². The Morgan fingerprint density at radius 2 is 1.87 bits per heavy atom. The lowest BCUT2D eigenvalue weighted by atomic mass is 10.2. The molecule has 0 aliphatic carbocycles. The van der Waals surface area contributed by atoms with Crippen LogP contribution in [0.4, 0.5) is 0 Å². The van der Waals surface area contributed by atoms with Crippen molar-refractivity contribution in [2.45, 2.75) is 19.1 Å². The van der Waals surface area contributed by atoms with Gasteiger partial charge >= 0.3 is 0 Å². The van der Waals surface area contributed by atoms with Gasteiger partial charge < -0.3 is 14.4 Å². The van der Waals surface area contributed by atoms with Gasteiger partial charge in [-0.05, 0) is 0 Å². The zero-order valence-electron chi connectivity index (χ0n) is 9.40. The van der Waals surface area contributed by atoms with Gasteiger partial charge in [0.25, 0.3) is 0 Å². The summed E-state index contributed by atoms with van der Waals surface area (Å²) >= 11 is 5.66. The molecule has 1 rings (SSSR count). The van der Waals surface area contributed by atoms with Gasteiger partial charge in [-0.3, -0.25) is 4.79 Å². The van der Waals surface area contributed by atoms with E-state index in [4.69, 9.17) is 21.1 Å². The number of amides is 1. The van der Waals surface area contributed by atoms with Crippen LogP contribution in [0.3, 0.4) is 0 Å². The molecule has 88 valence electrons. The number of rotatable bonds is 4. The van der Waals surface area contributed by atoms with Crippen molar-refractivity contribution in [1.82, 2.24) is 4.90 Å². The van der Waals surface area contributed by atoms with Crippen LogP contribution >= 0.6 is 11.6 Å². The molecule has 0 aromatic carbocycles. The van der Waals surface area contributed by atoms with Crippen molar-refractivity contribution >= 4 is 17.5 Å². The molecule has 0 bridgehead atoms. The summed E-state index contributed by atoms with van der Waals surface area (Å²) in [6, 6.07) is 0. The fourth-order valence-corrected chi connectivity index (χ4v) is 1.89. The molecule has 3 unspecified atom stereocenters. The number of nitrogens with zero attached hydrogens (tertiary/aromatic N) is 1. The van der Waals surface area contributed by atoms with Crippen molar-refractivity contribution < 1.29 is 14.3 Å². The smallest absolute Gasteiger partial charge is 0.226 e. The van der Waals surface area contributed by atoms with Crippen LogP contribution in [0.15, 0.2) is 0 Å². The molecular weight excluding hydrogens is 218 g/mol. The maximum Gasteiger partial charge on any atom is 0.226 e. The minimum Gasteiger partial charge on any atom is -0.377 e. The van der Waals surface area contributed by atoms with Gasteiger partial charge in [0.15, 0.2) is 0 Å². The summed E-state index contributed by atoms with van der Waals surface area (Å²) in [5, 5.41) is 0. The van der Waals surface area contributed by atoms with Gasteiger partial charge in [-0.2, -0.15) is 0 Å². The van der Waals surface area contributed by atoms with E-state index >= 15 is 0 Å². The predicted octanol–water partition coefficient (Wildman–Crippen LogP) is 0.733. The summed E-state index contributed by atoms with van der Waals surface area (Å²) in [5.74, 6) is 0.288. The predicted molar refractivity (Wildman–Crippen MR) is 58.1 cm³/mol. The molecule has 0 radical (unpaired) electrons. The summed E-state index contributed by atoms with van der Waals surface area (Å²) in [4.78, 5) is 13.6. The first-order valence-corrected chi connectivity index (χ1v) is 5.57. The highest BCUT2D eigenvalue weighted by atomic mass is 35.5. The minimum absolute atomic E-state index is 0.0264. The number of halogens is 1. The molecule has 1 amide bonds. The van der Waals surface area contributed by atoms with E-state index in [1.54, 1.807) is 19.1 Å². The van der Waals surface area contributed by atoms with Crippen molar-refractivity contribution in [2.75, 3.05) is 33.2 Å². The van der Waals surface area contributed by atoms with Crippen molar-refractivity contribution in [1.29, 1.82) is 0 Å². The maximum absolute atomic E-state index is 11.8. The molecule has 1 aliphatic heterocycles. The Kier molecular flexibility index (Phi) is 4.83. The second-order valence-corrected chi connectivity index (χ2v) is 4.16. The zero-order valence-corrected chi connectivity index (χ0v) is 10.2. The average Bonchev–Trinajstić information content (AvgIpc) is 2.69. The second-order valence-electron chi connectivity index (χ2n) is 3.85. The number of methoxy groups -OCH3 is 2. The van der Waals surface area contributed by atoms with E-state index in [0.717, 1.165) is 0 Å². The van der Waals surface area contributed by atoms with Crippen LogP contribution in [0.2, 0.25) is 0 Å². The normalized spacial score (nSPS) is 28.1. The van der Waals surface area contributed by atoms with E-state index in [-0.39, 0.29) is 24.0 Å². The van der Waals surface area contributed by atoms with Crippen LogP contribution in [0, 0.1) is 5.92 Å². The highest BCUT2D eigenvalue weighted by Crippen LogP contribution is 2.18. The summed E-state index contributed by atoms with van der Waals surface area (Å²) in [7, 11) is 3.27. The van der Waals surface area contributed by atoms with Gasteiger partial charge in [0.1, 0.15) is 12.2 Å². The highest BCUT2D eigenvalue weighted by Gasteiger charge is 2.36. The molecular formula is C10H18ClNO3. The van der Waals surface area contributed by atoms with Crippen LogP contribution in [-0.2, 0) is 14.3 Å². The number of alkyl halides is 1. The van der Waals surface area contributed by atoms with Crippen LogP contribution in [0.1, 0.15) is 6.92 Å². The first kappa shape index (κ1) is 12.7. The number of hydrogen-bond donors (Lipinski definition) is 0. The molecule has 0 aromatic heterocycles. The molecule has 1 heterocycles. The van der Waals surface area contributed by atoms with Crippen molar-refractivity contribution in [3.63, 3.8) is 0 Å². The van der Waals surface area contributed by atoms with Gasteiger partial charge in [0.05, 0.1) is 0 Å². The van der Waals surface area contributed by atoms with Gasteiger partial charge in [0, 0.05) is 39.1 Å². The molecule has 15 heavy (non-hydrogen) atoms. The Bertz CT molecular complexity index is 213. The molecule has 0 saturated carbocycles. The third kappa shape index (κ3) is 2.83. The lowest BCUT2D eigenvalue weighted by molar-refractivity contribution is -0.133. The quantitative estimate of drug-likeness (QED) is 0.675. The number of likely N-dealkylation sites (tertiary alicyclic amines) is 1. The molecule has 5 heteroatoms. The highest BCUT2D eigenvalue weighted by molar-refractivity contribution is 6.19. The average molecular weight is 236 g/mol. The van der Waals surface area contributed by atoms with Crippen molar-refractivity contribution in [3.05, 3.63) is 0 Å². The molecule has 0 aromatic rings. The van der Waals surface area contributed by atoms with Crippen molar-refractivity contribution in [3.8, 4) is 0 Å². The third-order valence-electron chi connectivity index (χ3n) is 2.79. The standard InChI is InChI=1S/C10H18ClNO3/c1-7(4-11)10(13)12-5-8(14-2)9(6-12)15-3/h7-9H,4-6H2,1-3H3. The first-order chi connectivity index (χ1) is 7.13. The Labute approximate surface area is 95.5 Å². The molecule has 1 saturated heterocycles. The summed E-state index contributed by atoms with van der Waals surface area (Å²) in [6.45, 7) is 3.02. The summed E-state index contributed by atoms with van der Waals surface area (Å²) < 4.78 is 10.5. The van der Waals surface area contributed by atoms with Gasteiger partial charge in [-0.25, -0.2) is 0 Å². The fraction of sp³-hybridized carbons (Fsp3) is 0.900. The minimum atomic E-state index is -0.139. The number of ether oxygens (including phenoxy) is 2. The number of carbonyl (C=O) groups excluding carboxylic acids is 1. The van der Waals surface area contributed by atoms with Gasteiger partial charge in [-0.1, -0.05) is 6.92 Å². The lowest BCUT2D eigenvalue weighted by Gasteiger charge is -2.18. The molecule has 1 fully saturated rings. The Morgan fingerprint density at radius 1 is 1.40 bits per heavy atom. The van der Waals surface area contributed by atoms with E-state index < -0.39 is 0 Å². The molecule has 1 aliphatic rings. The topological polar surface area (TPSA) is 38.8 Å². The maximum atomic E-state index is 11.8. The van der Waals surface area contributed by atoms with Crippen LogP contribution in [0.5, 0.6) is 0 Å². The van der Waals surface area contributed by atoms with E-state index in [2.05, 4.69) is 0 Å². The zero-order chi connectivity index (χ0) is 11.4. The largest absolute Gasteiger partial charge is 0.377 e. The Balaban J connectivity index is 2.56. The van der Waals surface area contributed by atoms with E-state index in [1.807, 2.05) is 6.92 Å².